The van der Waals surface area contributed by atoms with Gasteiger partial charge in [-0.3, -0.25) is 14.5 Å². The fraction of sp³-hybridized carbons (Fsp3) is 0.364. The van der Waals surface area contributed by atoms with E-state index in [1.54, 1.807) is 31.4 Å². The van der Waals surface area contributed by atoms with Gasteiger partial charge in [-0.15, -0.1) is 0 Å². The Morgan fingerprint density at radius 2 is 1.68 bits per heavy atom. The van der Waals surface area contributed by atoms with E-state index in [1.165, 1.54) is 0 Å². The maximum Gasteiger partial charge on any atom is 0.253 e. The van der Waals surface area contributed by atoms with Crippen LogP contribution in [0.2, 0.25) is 0 Å². The van der Waals surface area contributed by atoms with Crippen LogP contribution in [0.15, 0.2) is 48.5 Å². The molecule has 6 nitrogen and oxygen atoms in total. The zero-order chi connectivity index (χ0) is 19.9. The first-order valence-electron chi connectivity index (χ1n) is 9.64. The van der Waals surface area contributed by atoms with Gasteiger partial charge < -0.3 is 15.0 Å². The number of hydrogen-bond acceptors (Lipinski definition) is 4. The number of nitrogens with one attached hydrogen (secondary N) is 1. The third kappa shape index (κ3) is 4.89. The average Bonchev–Trinajstić information content (AvgIpc) is 2.74. The van der Waals surface area contributed by atoms with E-state index in [0.717, 1.165) is 23.4 Å². The molecule has 3 rings (SSSR count). The molecule has 0 bridgehead atoms. The Morgan fingerprint density at radius 3 is 2.32 bits per heavy atom. The van der Waals surface area contributed by atoms with Crippen LogP contribution in [0.4, 0.5) is 5.69 Å². The molecule has 0 radical (unpaired) electrons. The minimum absolute atomic E-state index is 0.0172. The highest BCUT2D eigenvalue weighted by Crippen LogP contribution is 2.16. The van der Waals surface area contributed by atoms with E-state index in [1.807, 2.05) is 29.2 Å². The summed E-state index contributed by atoms with van der Waals surface area (Å²) in [5.41, 5.74) is 2.66. The summed E-state index contributed by atoms with van der Waals surface area (Å²) in [6, 6.07) is 15.0. The Morgan fingerprint density at radius 1 is 1.00 bits per heavy atom. The van der Waals surface area contributed by atoms with Gasteiger partial charge >= 0.3 is 0 Å². The van der Waals surface area contributed by atoms with Crippen molar-refractivity contribution in [2.45, 2.75) is 13.3 Å². The highest BCUT2D eigenvalue weighted by Gasteiger charge is 2.23. The topological polar surface area (TPSA) is 61.9 Å². The number of aryl methyl sites for hydroxylation is 1. The smallest absolute Gasteiger partial charge is 0.253 e. The number of para-hydroxylation sites is 1. The molecule has 2 aromatic rings. The summed E-state index contributed by atoms with van der Waals surface area (Å²) < 4.78 is 5.13. The number of methoxy groups -OCH3 is 1. The molecule has 1 aliphatic rings. The molecule has 0 spiro atoms. The molecular weight excluding hydrogens is 354 g/mol. The largest absolute Gasteiger partial charge is 0.497 e. The molecule has 148 valence electrons. The van der Waals surface area contributed by atoms with Crippen molar-refractivity contribution in [3.8, 4) is 5.75 Å². The van der Waals surface area contributed by atoms with Crippen molar-refractivity contribution < 1.29 is 14.3 Å². The van der Waals surface area contributed by atoms with Crippen LogP contribution in [0.3, 0.4) is 0 Å². The van der Waals surface area contributed by atoms with Crippen molar-refractivity contribution in [2.24, 2.45) is 0 Å². The van der Waals surface area contributed by atoms with Gasteiger partial charge in [-0.1, -0.05) is 25.1 Å². The predicted molar refractivity (Wildman–Crippen MR) is 110 cm³/mol. The Hall–Kier alpha value is -2.86. The molecule has 1 aliphatic heterocycles. The molecule has 0 atom stereocenters. The minimum Gasteiger partial charge on any atom is -0.497 e. The molecule has 0 unspecified atom stereocenters. The summed E-state index contributed by atoms with van der Waals surface area (Å²) in [7, 11) is 1.60. The van der Waals surface area contributed by atoms with Gasteiger partial charge in [0.05, 0.1) is 13.7 Å². The number of benzene rings is 2. The van der Waals surface area contributed by atoms with E-state index >= 15 is 0 Å². The van der Waals surface area contributed by atoms with E-state index in [-0.39, 0.29) is 11.8 Å². The SMILES string of the molecule is CCc1ccccc1NC(=O)CN1CCN(C(=O)c2ccc(OC)cc2)CC1. The first kappa shape index (κ1) is 19.9. The van der Waals surface area contributed by atoms with Gasteiger partial charge in [-0.2, -0.15) is 0 Å². The summed E-state index contributed by atoms with van der Waals surface area (Å²) in [5.74, 6) is 0.733. The standard InChI is InChI=1S/C22H27N3O3/c1-3-17-6-4-5-7-20(17)23-21(26)16-24-12-14-25(15-13-24)22(27)18-8-10-19(28-2)11-9-18/h4-11H,3,12-16H2,1-2H3,(H,23,26). The van der Waals surface area contributed by atoms with Crippen molar-refractivity contribution in [3.05, 3.63) is 59.7 Å². The highest BCUT2D eigenvalue weighted by atomic mass is 16.5. The number of carbonyl (C=O) groups excluding carboxylic acids is 2. The molecule has 28 heavy (non-hydrogen) atoms. The van der Waals surface area contributed by atoms with Crippen LogP contribution in [0.5, 0.6) is 5.75 Å². The van der Waals surface area contributed by atoms with E-state index in [4.69, 9.17) is 4.74 Å². The Kier molecular flexibility index (Phi) is 6.66. The highest BCUT2D eigenvalue weighted by molar-refractivity contribution is 5.94. The van der Waals surface area contributed by atoms with Crippen LogP contribution in [0.1, 0.15) is 22.8 Å². The van der Waals surface area contributed by atoms with Gasteiger partial charge in [0.15, 0.2) is 0 Å². The molecule has 6 heteroatoms. The van der Waals surface area contributed by atoms with Gasteiger partial charge in [-0.25, -0.2) is 0 Å². The van der Waals surface area contributed by atoms with E-state index in [0.29, 0.717) is 38.3 Å². The second-order valence-corrected chi connectivity index (χ2v) is 6.86. The Balaban J connectivity index is 1.49. The lowest BCUT2D eigenvalue weighted by Gasteiger charge is -2.34. The fourth-order valence-corrected chi connectivity index (χ4v) is 3.37. The van der Waals surface area contributed by atoms with Crippen LogP contribution in [0, 0.1) is 0 Å². The summed E-state index contributed by atoms with van der Waals surface area (Å²) in [5, 5.41) is 3.01. The molecule has 1 fully saturated rings. The molecular formula is C22H27N3O3. The van der Waals surface area contributed by atoms with Gasteiger partial charge in [0, 0.05) is 37.4 Å². The molecule has 0 saturated carbocycles. The molecule has 1 saturated heterocycles. The number of rotatable bonds is 6. The normalized spacial score (nSPS) is 14.6. The molecule has 2 aromatic carbocycles. The number of anilines is 1. The number of piperazine rings is 1. The van der Waals surface area contributed by atoms with Crippen molar-refractivity contribution in [1.29, 1.82) is 0 Å². The Bertz CT molecular complexity index is 812. The predicted octanol–water partition coefficient (Wildman–Crippen LogP) is 2.65. The van der Waals surface area contributed by atoms with Crippen molar-refractivity contribution >= 4 is 17.5 Å². The van der Waals surface area contributed by atoms with Crippen molar-refractivity contribution in [3.63, 3.8) is 0 Å². The third-order valence-corrected chi connectivity index (χ3v) is 5.04. The zero-order valence-corrected chi connectivity index (χ0v) is 16.5. The van der Waals surface area contributed by atoms with E-state index in [2.05, 4.69) is 17.1 Å². The fourth-order valence-electron chi connectivity index (χ4n) is 3.37. The molecule has 1 N–H and O–H groups in total. The van der Waals surface area contributed by atoms with Gasteiger partial charge in [-0.05, 0) is 42.3 Å². The lowest BCUT2D eigenvalue weighted by molar-refractivity contribution is -0.117. The lowest BCUT2D eigenvalue weighted by atomic mass is 10.1. The zero-order valence-electron chi connectivity index (χ0n) is 16.5. The number of ether oxygens (including phenoxy) is 1. The maximum atomic E-state index is 12.6. The van der Waals surface area contributed by atoms with Gasteiger partial charge in [0.1, 0.15) is 5.75 Å². The molecule has 2 amide bonds. The quantitative estimate of drug-likeness (QED) is 0.836. The van der Waals surface area contributed by atoms with Crippen LogP contribution >= 0.6 is 0 Å². The summed E-state index contributed by atoms with van der Waals surface area (Å²) in [6.07, 6.45) is 0.878. The Labute approximate surface area is 166 Å². The average molecular weight is 381 g/mol. The number of hydrogen-bond donors (Lipinski definition) is 1. The van der Waals surface area contributed by atoms with Crippen molar-refractivity contribution in [1.82, 2.24) is 9.80 Å². The first-order chi connectivity index (χ1) is 13.6. The second kappa shape index (κ2) is 9.37. The summed E-state index contributed by atoms with van der Waals surface area (Å²) in [4.78, 5) is 28.9. The maximum absolute atomic E-state index is 12.6. The minimum atomic E-state index is -0.0177. The summed E-state index contributed by atoms with van der Waals surface area (Å²) in [6.45, 7) is 5.01. The number of carbonyl (C=O) groups is 2. The number of nitrogens with zero attached hydrogens (tertiary/aromatic N) is 2. The monoisotopic (exact) mass is 381 g/mol. The molecule has 1 heterocycles. The molecule has 0 aromatic heterocycles. The van der Waals surface area contributed by atoms with Crippen LogP contribution in [-0.2, 0) is 11.2 Å². The van der Waals surface area contributed by atoms with E-state index < -0.39 is 0 Å². The van der Waals surface area contributed by atoms with Crippen molar-refractivity contribution in [2.75, 3.05) is 45.2 Å². The third-order valence-electron chi connectivity index (χ3n) is 5.04. The summed E-state index contributed by atoms with van der Waals surface area (Å²) >= 11 is 0. The van der Waals surface area contributed by atoms with Gasteiger partial charge in [0.25, 0.3) is 5.91 Å². The van der Waals surface area contributed by atoms with E-state index in [9.17, 15) is 9.59 Å². The van der Waals surface area contributed by atoms with Crippen LogP contribution in [-0.4, -0.2) is 61.4 Å². The second-order valence-electron chi connectivity index (χ2n) is 6.86. The van der Waals surface area contributed by atoms with Crippen LogP contribution in [0.25, 0.3) is 0 Å². The number of amides is 2. The first-order valence-corrected chi connectivity index (χ1v) is 9.64. The molecule has 0 aliphatic carbocycles. The van der Waals surface area contributed by atoms with Gasteiger partial charge in [0.2, 0.25) is 5.91 Å². The van der Waals surface area contributed by atoms with Crippen LogP contribution < -0.4 is 10.1 Å². The lowest BCUT2D eigenvalue weighted by Crippen LogP contribution is -2.50.